The second kappa shape index (κ2) is 6.36. The summed E-state index contributed by atoms with van der Waals surface area (Å²) >= 11 is 0. The van der Waals surface area contributed by atoms with Gasteiger partial charge in [0.05, 0.1) is 10.5 Å². The van der Waals surface area contributed by atoms with Gasteiger partial charge in [0.1, 0.15) is 13.2 Å². The van der Waals surface area contributed by atoms with E-state index in [-0.39, 0.29) is 4.90 Å². The summed E-state index contributed by atoms with van der Waals surface area (Å²) in [6.45, 7) is 0.763. The maximum Gasteiger partial charge on any atom is 0.268 e. The van der Waals surface area contributed by atoms with E-state index in [1.165, 1.54) is 24.4 Å². The lowest BCUT2D eigenvalue weighted by Crippen LogP contribution is -2.41. The molecule has 0 saturated heterocycles. The fourth-order valence-electron chi connectivity index (χ4n) is 2.69. The van der Waals surface area contributed by atoms with E-state index < -0.39 is 15.9 Å². The molecule has 1 aliphatic heterocycles. The molecule has 0 spiro atoms. The summed E-state index contributed by atoms with van der Waals surface area (Å²) in [5, 5.41) is 0.698. The van der Waals surface area contributed by atoms with Crippen molar-refractivity contribution in [1.29, 1.82) is 0 Å². The van der Waals surface area contributed by atoms with Crippen LogP contribution in [0.3, 0.4) is 0 Å². The van der Waals surface area contributed by atoms with Crippen LogP contribution in [0.5, 0.6) is 11.5 Å². The molecule has 0 bridgehead atoms. The van der Waals surface area contributed by atoms with Gasteiger partial charge in [0.2, 0.25) is 0 Å². The van der Waals surface area contributed by atoms with E-state index in [9.17, 15) is 13.2 Å². The molecule has 3 N–H and O–H groups in total. The van der Waals surface area contributed by atoms with Gasteiger partial charge in [-0.1, -0.05) is 18.2 Å². The number of carbonyl (C=O) groups excluding carboxylic acids is 1. The Morgan fingerprint density at radius 2 is 1.81 bits per heavy atom. The first kappa shape index (κ1) is 16.4. The predicted molar refractivity (Wildman–Crippen MR) is 93.5 cm³/mol. The highest BCUT2D eigenvalue weighted by molar-refractivity contribution is 7.89. The van der Waals surface area contributed by atoms with Crippen LogP contribution >= 0.6 is 0 Å². The van der Waals surface area contributed by atoms with Crippen molar-refractivity contribution >= 4 is 26.8 Å². The number of carbonyl (C=O) groups is 1. The monoisotopic (exact) mass is 373 g/mol. The van der Waals surface area contributed by atoms with Crippen molar-refractivity contribution < 1.29 is 22.7 Å². The Morgan fingerprint density at radius 3 is 2.65 bits per heavy atom. The Balaban J connectivity index is 1.52. The highest BCUT2D eigenvalue weighted by atomic mass is 32.2. The van der Waals surface area contributed by atoms with Crippen molar-refractivity contribution in [3.05, 3.63) is 54.2 Å². The molecule has 9 heteroatoms. The minimum Gasteiger partial charge on any atom is -0.486 e. The number of H-pyrrole nitrogens is 1. The molecule has 3 aromatic rings. The number of hydrogen-bond acceptors (Lipinski definition) is 5. The second-order valence-electron chi connectivity index (χ2n) is 5.61. The lowest BCUT2D eigenvalue weighted by atomic mass is 10.2. The smallest absolute Gasteiger partial charge is 0.268 e. The van der Waals surface area contributed by atoms with Crippen molar-refractivity contribution in [2.75, 3.05) is 13.2 Å². The number of rotatable bonds is 4. The van der Waals surface area contributed by atoms with Crippen LogP contribution in [0.4, 0.5) is 0 Å². The average Bonchev–Trinajstić information content (AvgIpc) is 3.10. The van der Waals surface area contributed by atoms with Crippen molar-refractivity contribution in [2.45, 2.75) is 4.90 Å². The van der Waals surface area contributed by atoms with Crippen molar-refractivity contribution in [1.82, 2.24) is 15.2 Å². The quantitative estimate of drug-likeness (QED) is 0.601. The third kappa shape index (κ3) is 2.98. The highest BCUT2D eigenvalue weighted by Gasteiger charge is 2.21. The van der Waals surface area contributed by atoms with Crippen LogP contribution in [-0.2, 0) is 10.0 Å². The zero-order chi connectivity index (χ0) is 18.1. The molecule has 8 nitrogen and oxygen atoms in total. The molecule has 1 aliphatic rings. The molecule has 0 aliphatic carbocycles. The number of amides is 1. The van der Waals surface area contributed by atoms with Crippen LogP contribution in [0.1, 0.15) is 10.4 Å². The summed E-state index contributed by atoms with van der Waals surface area (Å²) in [5.74, 6) is 0.267. The first-order valence-corrected chi connectivity index (χ1v) is 9.31. The molecule has 0 saturated carbocycles. The third-order valence-corrected chi connectivity index (χ3v) is 5.20. The van der Waals surface area contributed by atoms with Gasteiger partial charge < -0.3 is 14.5 Å². The molecule has 0 radical (unpaired) electrons. The molecule has 26 heavy (non-hydrogen) atoms. The molecule has 134 valence electrons. The van der Waals surface area contributed by atoms with Crippen LogP contribution in [0.2, 0.25) is 0 Å². The molecular formula is C17H15N3O5S. The Hall–Kier alpha value is -3.04. The fourth-order valence-corrected chi connectivity index (χ4v) is 3.54. The van der Waals surface area contributed by atoms with Gasteiger partial charge in [-0.3, -0.25) is 10.2 Å². The summed E-state index contributed by atoms with van der Waals surface area (Å²) in [5.41, 5.74) is 3.35. The second-order valence-corrected chi connectivity index (χ2v) is 7.30. The Kier molecular flexibility index (Phi) is 4.02. The van der Waals surface area contributed by atoms with E-state index in [2.05, 4.69) is 15.2 Å². The Bertz CT molecular complexity index is 1090. The number of aromatic nitrogens is 1. The normalized spacial score (nSPS) is 13.5. The maximum atomic E-state index is 12.4. The summed E-state index contributed by atoms with van der Waals surface area (Å²) < 4.78 is 35.6. The lowest BCUT2D eigenvalue weighted by Gasteiger charge is -2.19. The van der Waals surface area contributed by atoms with Gasteiger partial charge in [-0.05, 0) is 18.2 Å². The van der Waals surface area contributed by atoms with Crippen LogP contribution in [0, 0.1) is 0 Å². The van der Waals surface area contributed by atoms with Gasteiger partial charge in [-0.2, -0.15) is 0 Å². The van der Waals surface area contributed by atoms with Gasteiger partial charge in [-0.25, -0.2) is 8.42 Å². The van der Waals surface area contributed by atoms with Crippen molar-refractivity contribution in [3.63, 3.8) is 0 Å². The molecule has 4 rings (SSSR count). The van der Waals surface area contributed by atoms with Gasteiger partial charge in [-0.15, -0.1) is 4.83 Å². The number of aromatic amines is 1. The first-order valence-electron chi connectivity index (χ1n) is 7.82. The van der Waals surface area contributed by atoms with Crippen LogP contribution in [0.25, 0.3) is 10.9 Å². The van der Waals surface area contributed by atoms with E-state index in [4.69, 9.17) is 9.47 Å². The van der Waals surface area contributed by atoms with Gasteiger partial charge >= 0.3 is 0 Å². The number of para-hydroxylation sites is 1. The number of nitrogens with one attached hydrogen (secondary N) is 3. The van der Waals surface area contributed by atoms with Gasteiger partial charge in [0.15, 0.2) is 11.5 Å². The van der Waals surface area contributed by atoms with Gasteiger partial charge in [0, 0.05) is 23.2 Å². The highest BCUT2D eigenvalue weighted by Crippen LogP contribution is 2.32. The van der Waals surface area contributed by atoms with E-state index in [0.29, 0.717) is 35.7 Å². The standard InChI is InChI=1S/C17H15N3O5S/c21-17(13-10-18-14-4-2-1-3-12(13)14)19-20-26(22,23)11-5-6-15-16(9-11)25-8-7-24-15/h1-6,9-10,18,20H,7-8H2,(H,19,21). The predicted octanol–water partition coefficient (Wildman–Crippen LogP) is 1.56. The molecule has 1 amide bonds. The Morgan fingerprint density at radius 1 is 1.04 bits per heavy atom. The van der Waals surface area contributed by atoms with E-state index >= 15 is 0 Å². The molecule has 1 aromatic heterocycles. The summed E-state index contributed by atoms with van der Waals surface area (Å²) in [7, 11) is -3.96. The minimum absolute atomic E-state index is 0.0408. The average molecular weight is 373 g/mol. The number of benzene rings is 2. The first-order chi connectivity index (χ1) is 12.5. The summed E-state index contributed by atoms with van der Waals surface area (Å²) in [6, 6.07) is 11.5. The molecular weight excluding hydrogens is 358 g/mol. The van der Waals surface area contributed by atoms with E-state index in [0.717, 1.165) is 5.52 Å². The van der Waals surface area contributed by atoms with Crippen molar-refractivity contribution in [2.24, 2.45) is 0 Å². The Labute approximate surface area is 149 Å². The topological polar surface area (TPSA) is 110 Å². The van der Waals surface area contributed by atoms with Gasteiger partial charge in [0.25, 0.3) is 15.9 Å². The number of hydrazine groups is 1. The molecule has 2 aromatic carbocycles. The SMILES string of the molecule is O=C(NNS(=O)(=O)c1ccc2c(c1)OCCO2)c1c[nH]c2ccccc12. The van der Waals surface area contributed by atoms with E-state index in [1.54, 1.807) is 12.1 Å². The zero-order valence-corrected chi connectivity index (χ0v) is 14.3. The number of sulfonamides is 1. The largest absolute Gasteiger partial charge is 0.486 e. The number of hydrogen-bond donors (Lipinski definition) is 3. The van der Waals surface area contributed by atoms with Crippen LogP contribution in [0.15, 0.2) is 53.6 Å². The molecule has 0 fully saturated rings. The maximum absolute atomic E-state index is 12.4. The molecule has 0 unspecified atom stereocenters. The number of fused-ring (bicyclic) bond motifs is 2. The van der Waals surface area contributed by atoms with Crippen molar-refractivity contribution in [3.8, 4) is 11.5 Å². The lowest BCUT2D eigenvalue weighted by molar-refractivity contribution is 0.0947. The molecule has 2 heterocycles. The minimum atomic E-state index is -3.96. The summed E-state index contributed by atoms with van der Waals surface area (Å²) in [6.07, 6.45) is 1.53. The zero-order valence-electron chi connectivity index (χ0n) is 13.5. The van der Waals surface area contributed by atoms with Crippen LogP contribution < -0.4 is 19.7 Å². The van der Waals surface area contributed by atoms with Crippen LogP contribution in [-0.4, -0.2) is 32.5 Å². The van der Waals surface area contributed by atoms with E-state index in [1.807, 2.05) is 12.1 Å². The third-order valence-electron chi connectivity index (χ3n) is 3.96. The molecule has 0 atom stereocenters. The number of ether oxygens (including phenoxy) is 2. The summed E-state index contributed by atoms with van der Waals surface area (Å²) in [4.78, 5) is 17.3. The fraction of sp³-hybridized carbons (Fsp3) is 0.118.